The molecule has 0 radical (unpaired) electrons. The first-order valence-electron chi connectivity index (χ1n) is 19.0. The second-order valence-electron chi connectivity index (χ2n) is 16.2. The molecule has 0 aromatic carbocycles. The molecule has 0 aromatic rings. The van der Waals surface area contributed by atoms with Gasteiger partial charge in [0.05, 0.1) is 0 Å². The van der Waals surface area contributed by atoms with Gasteiger partial charge in [0.15, 0.2) is 0 Å². The van der Waals surface area contributed by atoms with Gasteiger partial charge < -0.3 is 34.8 Å². The van der Waals surface area contributed by atoms with Crippen LogP contribution in [0.25, 0.3) is 0 Å². The Morgan fingerprint density at radius 3 is 0.756 bits per heavy atom. The molecule has 0 saturated heterocycles. The molecule has 0 atom stereocenters. The van der Waals surface area contributed by atoms with Crippen molar-refractivity contribution in [3.63, 3.8) is 0 Å². The first-order chi connectivity index (χ1) is 21.0. The van der Waals surface area contributed by atoms with E-state index in [2.05, 4.69) is 79.1 Å². The molecule has 0 N–H and O–H groups in total. The summed E-state index contributed by atoms with van der Waals surface area (Å²) in [7, 11) is 0. The molecule has 0 saturated carbocycles. The number of unbranched alkanes of at least 4 members (excludes halogenated alkanes) is 8. The fraction of sp³-hybridized carbons (Fsp3) is 0.950. The first-order valence-corrected chi connectivity index (χ1v) is 25.5. The van der Waals surface area contributed by atoms with Gasteiger partial charge in [-0.1, -0.05) is 172 Å². The van der Waals surface area contributed by atoms with Crippen LogP contribution in [0, 0.1) is 34.5 Å². The van der Waals surface area contributed by atoms with Crippen LogP contribution in [0.3, 0.4) is 0 Å². The summed E-state index contributed by atoms with van der Waals surface area (Å²) in [4.78, 5) is 28.2. The molecule has 0 bridgehead atoms. The summed E-state index contributed by atoms with van der Waals surface area (Å²) in [5, 5.41) is -0.0366. The summed E-state index contributed by atoms with van der Waals surface area (Å²) in [6, 6.07) is 0. The van der Waals surface area contributed by atoms with E-state index in [1.807, 2.05) is 0 Å². The third-order valence-corrected chi connectivity index (χ3v) is 10.0. The molecule has 2 nitrogen and oxygen atoms in total. The van der Waals surface area contributed by atoms with Crippen LogP contribution in [-0.2, 0) is 34.8 Å². The van der Waals surface area contributed by atoms with Gasteiger partial charge in [0.2, 0.25) is 0 Å². The molecule has 0 rings (SSSR count). The van der Waals surface area contributed by atoms with E-state index in [0.717, 1.165) is 75.0 Å². The van der Waals surface area contributed by atoms with Gasteiger partial charge >= 0.3 is 31.0 Å². The Morgan fingerprint density at radius 1 is 0.444 bits per heavy atom. The molecule has 0 aliphatic rings. The van der Waals surface area contributed by atoms with E-state index in [1.165, 1.54) is 77.0 Å². The molecule has 0 aliphatic heterocycles. The molecule has 268 valence electrons. The van der Waals surface area contributed by atoms with Gasteiger partial charge in [-0.2, -0.15) is 0 Å². The molecule has 45 heavy (non-hydrogen) atoms. The second kappa shape index (κ2) is 31.8. The van der Waals surface area contributed by atoms with E-state index >= 15 is 0 Å². The summed E-state index contributed by atoms with van der Waals surface area (Å²) in [5.74, 6) is 3.16. The summed E-state index contributed by atoms with van der Waals surface area (Å²) in [6.07, 6.45) is 23.8. The quantitative estimate of drug-likeness (QED) is 0.0498. The standard InChI is InChI=1S/2C19H38OS.2CH3.Sn/c2*1-16(2)12-8-6-10-14-19(5,18(20)21)15-11-7-9-13-17(3)4;;;/h2*16-17H,6-15H2,1-5H3,(H,20,21);2*1H3;/q;;;;+2/p-2. The summed E-state index contributed by atoms with van der Waals surface area (Å²) >= 11 is 10.3. The molecule has 0 amide bonds. The number of hydrogen-bond donors (Lipinski definition) is 0. The summed E-state index contributed by atoms with van der Waals surface area (Å²) in [5.41, 5.74) is -0.490. The van der Waals surface area contributed by atoms with Gasteiger partial charge in [0.1, 0.15) is 0 Å². The number of carbonyl (C=O) groups is 2. The van der Waals surface area contributed by atoms with Crippen LogP contribution in [0.4, 0.5) is 0 Å². The average molecular weight is 776 g/mol. The number of carbonyl (C=O) groups excluding carboxylic acids is 2. The Kier molecular flexibility index (Phi) is 35.3. The van der Waals surface area contributed by atoms with E-state index in [9.17, 15) is 9.59 Å². The van der Waals surface area contributed by atoms with E-state index < -0.39 is 0 Å². The van der Waals surface area contributed by atoms with Gasteiger partial charge in [-0.05, 0) is 49.4 Å². The fourth-order valence-electron chi connectivity index (χ4n) is 5.64. The van der Waals surface area contributed by atoms with Crippen molar-refractivity contribution in [3.8, 4) is 0 Å². The first kappa shape index (κ1) is 50.0. The van der Waals surface area contributed by atoms with Crippen molar-refractivity contribution in [2.45, 2.75) is 208 Å². The van der Waals surface area contributed by atoms with Crippen molar-refractivity contribution >= 4 is 56.6 Å². The van der Waals surface area contributed by atoms with Crippen molar-refractivity contribution in [3.05, 3.63) is 0 Å². The molecule has 0 aliphatic carbocycles. The zero-order valence-electron chi connectivity index (χ0n) is 32.6. The number of rotatable bonds is 26. The minimum absolute atomic E-state index is 0.0183. The third-order valence-electron chi connectivity index (χ3n) is 9.03. The molecule has 0 heterocycles. The van der Waals surface area contributed by atoms with Gasteiger partial charge in [0, 0.05) is 21.1 Å². The topological polar surface area (TPSA) is 34.1 Å². The molecule has 0 unspecified atom stereocenters. The Hall–Kier alpha value is 0.579. The molecule has 0 aromatic heterocycles. The van der Waals surface area contributed by atoms with Gasteiger partial charge in [0.25, 0.3) is 0 Å². The van der Waals surface area contributed by atoms with Crippen LogP contribution in [-0.4, -0.2) is 31.4 Å². The molecule has 0 fully saturated rings. The van der Waals surface area contributed by atoms with Crippen LogP contribution >= 0.6 is 0 Å². The van der Waals surface area contributed by atoms with Gasteiger partial charge in [-0.3, -0.25) is 0 Å². The minimum atomic E-state index is -0.245. The SMILES string of the molecule is CC(C)CCCCCC(C)(CCCCCC(C)C)C(=O)[S-].CC(C)CCCCCC(C)(CCCCCC(C)C)C(=O)[S-].[CH3][Sn+2][CH3]. The maximum absolute atomic E-state index is 11.8. The van der Waals surface area contributed by atoms with Crippen molar-refractivity contribution in [2.24, 2.45) is 34.5 Å². The third kappa shape index (κ3) is 34.2. The van der Waals surface area contributed by atoms with E-state index in [-0.39, 0.29) is 42.2 Å². The molecular weight excluding hydrogens is 695 g/mol. The van der Waals surface area contributed by atoms with Crippen molar-refractivity contribution in [1.82, 2.24) is 0 Å². The average Bonchev–Trinajstić information content (AvgIpc) is 2.92. The second-order valence-corrected chi connectivity index (χ2v) is 19.8. The zero-order valence-corrected chi connectivity index (χ0v) is 37.1. The van der Waals surface area contributed by atoms with Gasteiger partial charge in [-0.25, -0.2) is 0 Å². The predicted molar refractivity (Wildman–Crippen MR) is 210 cm³/mol. The monoisotopic (exact) mass is 776 g/mol. The fourth-order valence-corrected chi connectivity index (χ4v) is 6.04. The van der Waals surface area contributed by atoms with Crippen molar-refractivity contribution < 1.29 is 9.59 Å². The molecular formula is C40H80O2S2Sn. The Bertz CT molecular complexity index is 583. The van der Waals surface area contributed by atoms with Crippen LogP contribution < -0.4 is 0 Å². The Morgan fingerprint density at radius 2 is 0.622 bits per heavy atom. The summed E-state index contributed by atoms with van der Waals surface area (Å²) < 4.78 is 0. The van der Waals surface area contributed by atoms with Crippen LogP contribution in [0.1, 0.15) is 198 Å². The predicted octanol–water partition coefficient (Wildman–Crippen LogP) is 13.3. The number of hydrogen-bond acceptors (Lipinski definition) is 4. The normalized spacial score (nSPS) is 11.7. The van der Waals surface area contributed by atoms with Crippen LogP contribution in [0.5, 0.6) is 0 Å². The van der Waals surface area contributed by atoms with Crippen molar-refractivity contribution in [2.75, 3.05) is 0 Å². The maximum atomic E-state index is 11.8. The zero-order chi connectivity index (χ0) is 35.3. The summed E-state index contributed by atoms with van der Waals surface area (Å²) in [6.45, 7) is 22.4. The van der Waals surface area contributed by atoms with Crippen molar-refractivity contribution in [1.29, 1.82) is 0 Å². The Labute approximate surface area is 306 Å². The molecule has 0 spiro atoms. The molecule has 5 heteroatoms. The Balaban J connectivity index is -0.000000720. The van der Waals surface area contributed by atoms with E-state index in [1.54, 1.807) is 0 Å². The van der Waals surface area contributed by atoms with Gasteiger partial charge in [-0.15, -0.1) is 0 Å². The van der Waals surface area contributed by atoms with E-state index in [4.69, 9.17) is 25.3 Å². The van der Waals surface area contributed by atoms with Crippen LogP contribution in [0.15, 0.2) is 0 Å². The van der Waals surface area contributed by atoms with Crippen LogP contribution in [0.2, 0.25) is 9.88 Å². The van der Waals surface area contributed by atoms with E-state index in [0.29, 0.717) is 0 Å².